The number of piperidine rings is 1. The van der Waals surface area contributed by atoms with E-state index in [4.69, 9.17) is 4.74 Å². The Morgan fingerprint density at radius 3 is 2.50 bits per heavy atom. The monoisotopic (exact) mass is 254 g/mol. The third-order valence-corrected chi connectivity index (χ3v) is 4.24. The highest BCUT2D eigenvalue weighted by atomic mass is 16.6. The fraction of sp³-hybridized carbons (Fsp3) is 0.929. The molecular weight excluding hydrogens is 228 g/mol. The first-order valence-corrected chi connectivity index (χ1v) is 6.95. The van der Waals surface area contributed by atoms with E-state index in [0.717, 1.165) is 39.0 Å². The van der Waals surface area contributed by atoms with Crippen molar-refractivity contribution in [3.63, 3.8) is 0 Å². The lowest BCUT2D eigenvalue weighted by Crippen LogP contribution is -2.46. The summed E-state index contributed by atoms with van der Waals surface area (Å²) in [5.74, 6) is 0.0162. The van der Waals surface area contributed by atoms with Crippen LogP contribution in [0.25, 0.3) is 0 Å². The van der Waals surface area contributed by atoms with Gasteiger partial charge in [-0.15, -0.1) is 0 Å². The second kappa shape index (κ2) is 4.82. The van der Waals surface area contributed by atoms with Gasteiger partial charge in [0.15, 0.2) is 0 Å². The van der Waals surface area contributed by atoms with Gasteiger partial charge in [0.2, 0.25) is 0 Å². The van der Waals surface area contributed by atoms with Crippen LogP contribution in [-0.4, -0.2) is 49.7 Å². The normalized spacial score (nSPS) is 28.6. The van der Waals surface area contributed by atoms with Crippen molar-refractivity contribution in [1.29, 1.82) is 0 Å². The number of nitrogens with zero attached hydrogens (tertiary/aromatic N) is 1. The largest absolute Gasteiger partial charge is 0.460 e. The van der Waals surface area contributed by atoms with E-state index in [1.807, 2.05) is 20.8 Å². The molecule has 0 saturated carbocycles. The molecule has 0 amide bonds. The second-order valence-electron chi connectivity index (χ2n) is 6.88. The molecule has 2 aliphatic rings. The topological polar surface area (TPSA) is 41.6 Å². The van der Waals surface area contributed by atoms with E-state index in [2.05, 4.69) is 17.3 Å². The number of ether oxygens (including phenoxy) is 1. The van der Waals surface area contributed by atoms with Crippen LogP contribution in [0, 0.1) is 11.3 Å². The average molecular weight is 254 g/mol. The first-order chi connectivity index (χ1) is 8.32. The number of likely N-dealkylation sites (tertiary alicyclic amines) is 1. The van der Waals surface area contributed by atoms with E-state index in [1.165, 1.54) is 0 Å². The Kier molecular flexibility index (Phi) is 3.70. The van der Waals surface area contributed by atoms with Crippen molar-refractivity contribution in [3.05, 3.63) is 0 Å². The van der Waals surface area contributed by atoms with Gasteiger partial charge in [-0.2, -0.15) is 0 Å². The maximum absolute atomic E-state index is 12.3. The molecule has 1 unspecified atom stereocenters. The number of esters is 1. The zero-order valence-corrected chi connectivity index (χ0v) is 12.1. The Labute approximate surface area is 110 Å². The molecule has 4 nitrogen and oxygen atoms in total. The van der Waals surface area contributed by atoms with Crippen LogP contribution in [0.2, 0.25) is 0 Å². The summed E-state index contributed by atoms with van der Waals surface area (Å²) >= 11 is 0. The van der Waals surface area contributed by atoms with Gasteiger partial charge in [-0.3, -0.25) is 4.79 Å². The molecule has 2 fully saturated rings. The second-order valence-corrected chi connectivity index (χ2v) is 6.88. The van der Waals surface area contributed by atoms with Gasteiger partial charge in [0.05, 0.1) is 5.92 Å². The smallest absolute Gasteiger partial charge is 0.311 e. The molecule has 2 aliphatic heterocycles. The first kappa shape index (κ1) is 13.8. The van der Waals surface area contributed by atoms with Crippen molar-refractivity contribution < 1.29 is 9.53 Å². The predicted octanol–water partition coefficient (Wildman–Crippen LogP) is 1.26. The Balaban J connectivity index is 2.05. The lowest BCUT2D eigenvalue weighted by Gasteiger charge is -2.41. The molecule has 0 aromatic heterocycles. The van der Waals surface area contributed by atoms with E-state index >= 15 is 0 Å². The maximum atomic E-state index is 12.3. The molecule has 1 atom stereocenters. The Bertz CT molecular complexity index is 314. The molecule has 1 N–H and O–H groups in total. The minimum Gasteiger partial charge on any atom is -0.460 e. The van der Waals surface area contributed by atoms with E-state index in [1.54, 1.807) is 0 Å². The van der Waals surface area contributed by atoms with Crippen molar-refractivity contribution in [3.8, 4) is 0 Å². The van der Waals surface area contributed by atoms with E-state index in [9.17, 15) is 4.79 Å². The van der Waals surface area contributed by atoms with Crippen LogP contribution < -0.4 is 5.32 Å². The van der Waals surface area contributed by atoms with Gasteiger partial charge < -0.3 is 15.0 Å². The highest BCUT2D eigenvalue weighted by Crippen LogP contribution is 2.42. The molecule has 0 aromatic rings. The lowest BCUT2D eigenvalue weighted by molar-refractivity contribution is -0.164. The van der Waals surface area contributed by atoms with Gasteiger partial charge in [-0.1, -0.05) is 0 Å². The molecule has 104 valence electrons. The number of nitrogens with one attached hydrogen (secondary N) is 1. The Morgan fingerprint density at radius 2 is 1.94 bits per heavy atom. The molecular formula is C14H26N2O2. The van der Waals surface area contributed by atoms with Crippen molar-refractivity contribution in [2.24, 2.45) is 11.3 Å². The number of carbonyl (C=O) groups excluding carboxylic acids is 1. The van der Waals surface area contributed by atoms with Crippen molar-refractivity contribution in [1.82, 2.24) is 10.2 Å². The van der Waals surface area contributed by atoms with Gasteiger partial charge in [0.1, 0.15) is 5.60 Å². The van der Waals surface area contributed by atoms with Crippen LogP contribution in [0.15, 0.2) is 0 Å². The molecule has 0 aliphatic carbocycles. The van der Waals surface area contributed by atoms with Gasteiger partial charge in [-0.05, 0) is 59.2 Å². The third kappa shape index (κ3) is 2.86. The molecule has 0 bridgehead atoms. The summed E-state index contributed by atoms with van der Waals surface area (Å²) in [7, 11) is 2.15. The minimum absolute atomic E-state index is 0.0166. The first-order valence-electron chi connectivity index (χ1n) is 6.95. The van der Waals surface area contributed by atoms with Crippen LogP contribution in [0.4, 0.5) is 0 Å². The number of hydrogen-bond donors (Lipinski definition) is 1. The minimum atomic E-state index is -0.383. The van der Waals surface area contributed by atoms with E-state index in [-0.39, 0.29) is 22.9 Å². The standard InChI is InChI=1S/C14H26N2O2/c1-13(2,3)18-12(17)11-9-15-10-14(11)5-7-16(4)8-6-14/h11,15H,5-10H2,1-4H3. The molecule has 2 saturated heterocycles. The van der Waals surface area contributed by atoms with Gasteiger partial charge >= 0.3 is 5.97 Å². The lowest BCUT2D eigenvalue weighted by atomic mass is 9.71. The predicted molar refractivity (Wildman–Crippen MR) is 71.4 cm³/mol. The van der Waals surface area contributed by atoms with Crippen LogP contribution in [0.1, 0.15) is 33.6 Å². The molecule has 4 heteroatoms. The van der Waals surface area contributed by atoms with E-state index in [0.29, 0.717) is 0 Å². The zero-order chi connectivity index (χ0) is 13.4. The summed E-state index contributed by atoms with van der Waals surface area (Å²) in [6.07, 6.45) is 2.20. The van der Waals surface area contributed by atoms with Crippen molar-refractivity contribution >= 4 is 5.97 Å². The summed E-state index contributed by atoms with van der Waals surface area (Å²) in [6.45, 7) is 9.73. The Morgan fingerprint density at radius 1 is 1.33 bits per heavy atom. The molecule has 2 heterocycles. The van der Waals surface area contributed by atoms with Crippen LogP contribution in [-0.2, 0) is 9.53 Å². The van der Waals surface area contributed by atoms with Crippen molar-refractivity contribution in [2.75, 3.05) is 33.2 Å². The fourth-order valence-corrected chi connectivity index (χ4v) is 3.10. The van der Waals surface area contributed by atoms with Crippen LogP contribution in [0.3, 0.4) is 0 Å². The summed E-state index contributed by atoms with van der Waals surface area (Å²) in [5, 5.41) is 3.40. The fourth-order valence-electron chi connectivity index (χ4n) is 3.10. The van der Waals surface area contributed by atoms with Gasteiger partial charge in [0.25, 0.3) is 0 Å². The number of carbonyl (C=O) groups is 1. The zero-order valence-electron chi connectivity index (χ0n) is 12.1. The van der Waals surface area contributed by atoms with E-state index < -0.39 is 0 Å². The molecule has 1 spiro atoms. The summed E-state index contributed by atoms with van der Waals surface area (Å²) in [4.78, 5) is 14.7. The summed E-state index contributed by atoms with van der Waals surface area (Å²) in [5.41, 5.74) is -0.249. The molecule has 0 radical (unpaired) electrons. The quantitative estimate of drug-likeness (QED) is 0.715. The molecule has 0 aromatic carbocycles. The SMILES string of the molecule is CN1CCC2(CC1)CNCC2C(=O)OC(C)(C)C. The van der Waals surface area contributed by atoms with Crippen molar-refractivity contribution in [2.45, 2.75) is 39.2 Å². The van der Waals surface area contributed by atoms with Gasteiger partial charge in [0, 0.05) is 13.1 Å². The average Bonchev–Trinajstić information content (AvgIpc) is 2.64. The number of rotatable bonds is 1. The molecule has 2 rings (SSSR count). The summed E-state index contributed by atoms with van der Waals surface area (Å²) in [6, 6.07) is 0. The molecule has 18 heavy (non-hydrogen) atoms. The summed E-state index contributed by atoms with van der Waals surface area (Å²) < 4.78 is 5.58. The highest BCUT2D eigenvalue weighted by Gasteiger charge is 2.49. The maximum Gasteiger partial charge on any atom is 0.311 e. The van der Waals surface area contributed by atoms with Crippen LogP contribution >= 0.6 is 0 Å². The third-order valence-electron chi connectivity index (χ3n) is 4.24. The highest BCUT2D eigenvalue weighted by molar-refractivity contribution is 5.74. The Hall–Kier alpha value is -0.610. The number of hydrogen-bond acceptors (Lipinski definition) is 4. The van der Waals surface area contributed by atoms with Gasteiger partial charge in [-0.25, -0.2) is 0 Å². The van der Waals surface area contributed by atoms with Crippen LogP contribution in [0.5, 0.6) is 0 Å².